The van der Waals surface area contributed by atoms with E-state index in [4.69, 9.17) is 16.3 Å². The highest BCUT2D eigenvalue weighted by molar-refractivity contribution is 6.30. The molecule has 1 N–H and O–H groups in total. The smallest absolute Gasteiger partial charge is 0.119 e. The molecule has 2 rings (SSSR count). The molecule has 1 fully saturated rings. The van der Waals surface area contributed by atoms with Gasteiger partial charge in [-0.15, -0.1) is 12.4 Å². The monoisotopic (exact) mass is 276 g/mol. The lowest BCUT2D eigenvalue weighted by molar-refractivity contribution is 0.151. The number of nitrogens with zero attached hydrogens (tertiary/aromatic N) is 1. The maximum Gasteiger partial charge on any atom is 0.119 e. The van der Waals surface area contributed by atoms with E-state index >= 15 is 0 Å². The van der Waals surface area contributed by atoms with E-state index in [9.17, 15) is 0 Å². The zero-order valence-corrected chi connectivity index (χ0v) is 11.4. The van der Waals surface area contributed by atoms with Crippen LogP contribution >= 0.6 is 24.0 Å². The minimum atomic E-state index is 0. The van der Waals surface area contributed by atoms with Gasteiger partial charge < -0.3 is 10.1 Å². The highest BCUT2D eigenvalue weighted by Crippen LogP contribution is 2.15. The van der Waals surface area contributed by atoms with Gasteiger partial charge in [-0.2, -0.15) is 0 Å². The van der Waals surface area contributed by atoms with Gasteiger partial charge in [-0.1, -0.05) is 11.6 Å². The van der Waals surface area contributed by atoms with Crippen molar-refractivity contribution in [3.8, 4) is 5.75 Å². The molecule has 0 radical (unpaired) electrons. The van der Waals surface area contributed by atoms with Gasteiger partial charge in [0.05, 0.1) is 0 Å². The number of nitrogens with one attached hydrogen (secondary N) is 1. The number of rotatable bonds is 5. The molecule has 0 atom stereocenters. The highest BCUT2D eigenvalue weighted by Gasteiger charge is 2.20. The lowest BCUT2D eigenvalue weighted by Crippen LogP contribution is -2.56. The second-order valence-corrected chi connectivity index (χ2v) is 4.53. The lowest BCUT2D eigenvalue weighted by Gasteiger charge is -2.35. The van der Waals surface area contributed by atoms with Gasteiger partial charge >= 0.3 is 0 Å². The minimum Gasteiger partial charge on any atom is -0.492 e. The van der Waals surface area contributed by atoms with Gasteiger partial charge in [0.1, 0.15) is 12.4 Å². The van der Waals surface area contributed by atoms with Crippen molar-refractivity contribution in [3.05, 3.63) is 29.3 Å². The molecule has 0 aliphatic carbocycles. The first-order valence-corrected chi connectivity index (χ1v) is 5.93. The fourth-order valence-electron chi connectivity index (χ4n) is 1.61. The Kier molecular flexibility index (Phi) is 6.06. The second kappa shape index (κ2) is 7.07. The molecule has 96 valence electrons. The van der Waals surface area contributed by atoms with Crippen LogP contribution in [0.5, 0.6) is 5.75 Å². The Hall–Kier alpha value is -0.480. The van der Waals surface area contributed by atoms with Crippen LogP contribution in [0.2, 0.25) is 5.02 Å². The SMILES string of the molecule is CN(CCOc1ccc(Cl)cc1)C1CNC1.Cl. The Labute approximate surface area is 113 Å². The van der Waals surface area contributed by atoms with Crippen LogP contribution in [0.25, 0.3) is 0 Å². The molecule has 5 heteroatoms. The van der Waals surface area contributed by atoms with Crippen molar-refractivity contribution in [2.45, 2.75) is 6.04 Å². The topological polar surface area (TPSA) is 24.5 Å². The van der Waals surface area contributed by atoms with E-state index in [1.807, 2.05) is 24.3 Å². The number of hydrogen-bond acceptors (Lipinski definition) is 3. The molecule has 3 nitrogen and oxygen atoms in total. The summed E-state index contributed by atoms with van der Waals surface area (Å²) in [4.78, 5) is 2.33. The van der Waals surface area contributed by atoms with Crippen LogP contribution in [-0.4, -0.2) is 44.2 Å². The summed E-state index contributed by atoms with van der Waals surface area (Å²) in [5, 5.41) is 4.00. The van der Waals surface area contributed by atoms with Crippen LogP contribution in [-0.2, 0) is 0 Å². The molecule has 0 spiro atoms. The summed E-state index contributed by atoms with van der Waals surface area (Å²) in [6.07, 6.45) is 0. The Morgan fingerprint density at radius 1 is 1.35 bits per heavy atom. The average Bonchev–Trinajstić information content (AvgIpc) is 2.18. The van der Waals surface area contributed by atoms with Gasteiger partial charge in [-0.25, -0.2) is 0 Å². The summed E-state index contributed by atoms with van der Waals surface area (Å²) in [5.41, 5.74) is 0. The van der Waals surface area contributed by atoms with Crippen molar-refractivity contribution in [3.63, 3.8) is 0 Å². The summed E-state index contributed by atoms with van der Waals surface area (Å²) < 4.78 is 5.63. The third kappa shape index (κ3) is 4.36. The summed E-state index contributed by atoms with van der Waals surface area (Å²) in [6.45, 7) is 3.86. The minimum absolute atomic E-state index is 0. The number of halogens is 2. The van der Waals surface area contributed by atoms with Gasteiger partial charge in [-0.3, -0.25) is 4.90 Å². The molecule has 1 aromatic carbocycles. The van der Waals surface area contributed by atoms with E-state index in [1.54, 1.807) is 0 Å². The molecule has 1 aliphatic rings. The Bertz CT molecular complexity index is 328. The largest absolute Gasteiger partial charge is 0.492 e. The fourth-order valence-corrected chi connectivity index (χ4v) is 1.73. The fraction of sp³-hybridized carbons (Fsp3) is 0.500. The Morgan fingerprint density at radius 3 is 2.53 bits per heavy atom. The van der Waals surface area contributed by atoms with Gasteiger partial charge in [0.2, 0.25) is 0 Å². The zero-order chi connectivity index (χ0) is 11.4. The first-order valence-electron chi connectivity index (χ1n) is 5.55. The molecule has 0 amide bonds. The summed E-state index contributed by atoms with van der Waals surface area (Å²) in [7, 11) is 2.14. The summed E-state index contributed by atoms with van der Waals surface area (Å²) >= 11 is 5.79. The van der Waals surface area contributed by atoms with E-state index in [2.05, 4.69) is 17.3 Å². The van der Waals surface area contributed by atoms with E-state index in [1.165, 1.54) is 0 Å². The molecule has 1 aliphatic heterocycles. The number of hydrogen-bond donors (Lipinski definition) is 1. The summed E-state index contributed by atoms with van der Waals surface area (Å²) in [5.74, 6) is 0.879. The molecule has 1 heterocycles. The van der Waals surface area contributed by atoms with Crippen molar-refractivity contribution in [2.75, 3.05) is 33.3 Å². The van der Waals surface area contributed by atoms with Gasteiger partial charge in [0.15, 0.2) is 0 Å². The van der Waals surface area contributed by atoms with E-state index in [0.29, 0.717) is 12.6 Å². The predicted octanol–water partition coefficient (Wildman–Crippen LogP) is 2.04. The molecule has 1 aromatic rings. The highest BCUT2D eigenvalue weighted by atomic mass is 35.5. The van der Waals surface area contributed by atoms with Gasteiger partial charge in [0.25, 0.3) is 0 Å². The first-order chi connectivity index (χ1) is 7.75. The zero-order valence-electron chi connectivity index (χ0n) is 9.86. The summed E-state index contributed by atoms with van der Waals surface area (Å²) in [6, 6.07) is 8.15. The molecule has 1 saturated heterocycles. The van der Waals surface area contributed by atoms with Crippen LogP contribution in [0.15, 0.2) is 24.3 Å². The molecular weight excluding hydrogens is 259 g/mol. The first kappa shape index (κ1) is 14.6. The van der Waals surface area contributed by atoms with Gasteiger partial charge in [0, 0.05) is 30.7 Å². The van der Waals surface area contributed by atoms with Crippen molar-refractivity contribution in [1.29, 1.82) is 0 Å². The Balaban J connectivity index is 0.00000144. The van der Waals surface area contributed by atoms with Crippen LogP contribution in [0.3, 0.4) is 0 Å². The molecule has 0 unspecified atom stereocenters. The van der Waals surface area contributed by atoms with Crippen LogP contribution in [0, 0.1) is 0 Å². The van der Waals surface area contributed by atoms with Gasteiger partial charge in [-0.05, 0) is 31.3 Å². The number of benzene rings is 1. The number of likely N-dealkylation sites (N-methyl/N-ethyl adjacent to an activating group) is 1. The molecule has 17 heavy (non-hydrogen) atoms. The lowest BCUT2D eigenvalue weighted by atomic mass is 10.1. The van der Waals surface area contributed by atoms with E-state index in [-0.39, 0.29) is 12.4 Å². The third-order valence-electron chi connectivity index (χ3n) is 2.91. The molecule has 0 saturated carbocycles. The molecular formula is C12H18Cl2N2O. The normalized spacial score (nSPS) is 15.2. The Morgan fingerprint density at radius 2 is 2.00 bits per heavy atom. The van der Waals surface area contributed by atoms with Crippen molar-refractivity contribution < 1.29 is 4.74 Å². The number of ether oxygens (including phenoxy) is 1. The van der Waals surface area contributed by atoms with Crippen LogP contribution in [0.1, 0.15) is 0 Å². The standard InChI is InChI=1S/C12H17ClN2O.ClH/c1-15(11-8-14-9-11)6-7-16-12-4-2-10(13)3-5-12;/h2-5,11,14H,6-9H2,1H3;1H. The average molecular weight is 277 g/mol. The van der Waals surface area contributed by atoms with Crippen molar-refractivity contribution in [1.82, 2.24) is 10.2 Å². The maximum atomic E-state index is 5.79. The maximum absolute atomic E-state index is 5.79. The van der Waals surface area contributed by atoms with Crippen LogP contribution < -0.4 is 10.1 Å². The van der Waals surface area contributed by atoms with Crippen LogP contribution in [0.4, 0.5) is 0 Å². The van der Waals surface area contributed by atoms with Crippen molar-refractivity contribution >= 4 is 24.0 Å². The van der Waals surface area contributed by atoms with E-state index < -0.39 is 0 Å². The molecule has 0 aromatic heterocycles. The quantitative estimate of drug-likeness (QED) is 0.891. The third-order valence-corrected chi connectivity index (χ3v) is 3.16. The van der Waals surface area contributed by atoms with E-state index in [0.717, 1.165) is 30.4 Å². The second-order valence-electron chi connectivity index (χ2n) is 4.10. The molecule has 0 bridgehead atoms. The van der Waals surface area contributed by atoms with Crippen molar-refractivity contribution in [2.24, 2.45) is 0 Å². The predicted molar refractivity (Wildman–Crippen MR) is 73.5 cm³/mol.